The van der Waals surface area contributed by atoms with Crippen molar-refractivity contribution in [3.05, 3.63) is 42.0 Å². The Kier molecular flexibility index (Phi) is 4.15. The highest BCUT2D eigenvalue weighted by Crippen LogP contribution is 2.44. The molecule has 1 amide bonds. The summed E-state index contributed by atoms with van der Waals surface area (Å²) in [5.41, 5.74) is 1.55. The number of hydrogen-bond donors (Lipinski definition) is 1. The van der Waals surface area contributed by atoms with Gasteiger partial charge < -0.3 is 4.74 Å². The highest BCUT2D eigenvalue weighted by Gasteiger charge is 2.51. The Bertz CT molecular complexity index is 812. The van der Waals surface area contributed by atoms with Crippen LogP contribution in [0, 0.1) is 5.41 Å². The van der Waals surface area contributed by atoms with Gasteiger partial charge in [-0.15, -0.1) is 0 Å². The molecule has 1 saturated heterocycles. The van der Waals surface area contributed by atoms with E-state index in [9.17, 15) is 18.0 Å². The number of halogens is 3. The van der Waals surface area contributed by atoms with Crippen LogP contribution in [0.1, 0.15) is 25.5 Å². The molecule has 1 heterocycles. The number of rotatable bonds is 3. The molecule has 4 nitrogen and oxygen atoms in total. The lowest BCUT2D eigenvalue weighted by Crippen LogP contribution is -2.43. The van der Waals surface area contributed by atoms with Gasteiger partial charge in [-0.25, -0.2) is 5.01 Å². The second-order valence-electron chi connectivity index (χ2n) is 6.80. The van der Waals surface area contributed by atoms with Crippen LogP contribution in [0.25, 0.3) is 10.8 Å². The SMILES string of the molecule is COc1cccc2cccc(C(N3CC(C)(C)C(=O)N3)C(F)(F)F)c12. The first-order chi connectivity index (χ1) is 11.6. The van der Waals surface area contributed by atoms with Crippen LogP contribution in [0.2, 0.25) is 0 Å². The molecule has 0 aromatic heterocycles. The Morgan fingerprint density at radius 1 is 1.20 bits per heavy atom. The van der Waals surface area contributed by atoms with E-state index in [-0.39, 0.29) is 12.1 Å². The van der Waals surface area contributed by atoms with Gasteiger partial charge in [0.05, 0.1) is 12.5 Å². The van der Waals surface area contributed by atoms with Crippen LogP contribution in [0.3, 0.4) is 0 Å². The van der Waals surface area contributed by atoms with Crippen molar-refractivity contribution in [1.82, 2.24) is 10.4 Å². The fourth-order valence-corrected chi connectivity index (χ4v) is 3.23. The predicted molar refractivity (Wildman–Crippen MR) is 87.9 cm³/mol. The lowest BCUT2D eigenvalue weighted by atomic mass is 9.93. The molecule has 0 saturated carbocycles. The van der Waals surface area contributed by atoms with E-state index in [2.05, 4.69) is 5.43 Å². The van der Waals surface area contributed by atoms with Crippen LogP contribution < -0.4 is 10.2 Å². The second kappa shape index (κ2) is 5.91. The Morgan fingerprint density at radius 3 is 2.36 bits per heavy atom. The molecule has 1 aliphatic rings. The van der Waals surface area contributed by atoms with E-state index < -0.39 is 23.5 Å². The summed E-state index contributed by atoms with van der Waals surface area (Å²) in [6.45, 7) is 3.21. The normalized spacial score (nSPS) is 19.0. The first-order valence-electron chi connectivity index (χ1n) is 7.85. The van der Waals surface area contributed by atoms with Crippen molar-refractivity contribution in [2.24, 2.45) is 5.41 Å². The van der Waals surface area contributed by atoms with E-state index >= 15 is 0 Å². The number of ether oxygens (including phenoxy) is 1. The van der Waals surface area contributed by atoms with Crippen molar-refractivity contribution >= 4 is 16.7 Å². The molecule has 1 fully saturated rings. The zero-order chi connectivity index (χ0) is 18.4. The van der Waals surface area contributed by atoms with Crippen LogP contribution in [0.4, 0.5) is 13.2 Å². The van der Waals surface area contributed by atoms with Crippen LogP contribution in [0.5, 0.6) is 5.75 Å². The molecule has 25 heavy (non-hydrogen) atoms. The number of hydrogen-bond acceptors (Lipinski definition) is 3. The van der Waals surface area contributed by atoms with Crippen molar-refractivity contribution in [3.8, 4) is 5.75 Å². The van der Waals surface area contributed by atoms with Crippen LogP contribution >= 0.6 is 0 Å². The van der Waals surface area contributed by atoms with Crippen molar-refractivity contribution < 1.29 is 22.7 Å². The second-order valence-corrected chi connectivity index (χ2v) is 6.80. The number of fused-ring (bicyclic) bond motifs is 1. The van der Waals surface area contributed by atoms with E-state index in [1.165, 1.54) is 13.2 Å². The zero-order valence-electron chi connectivity index (χ0n) is 14.1. The van der Waals surface area contributed by atoms with Gasteiger partial charge in [-0.2, -0.15) is 13.2 Å². The molecule has 0 bridgehead atoms. The summed E-state index contributed by atoms with van der Waals surface area (Å²) in [6, 6.07) is 7.89. The fourth-order valence-electron chi connectivity index (χ4n) is 3.23. The number of nitrogens with one attached hydrogen (secondary N) is 1. The molecule has 7 heteroatoms. The summed E-state index contributed by atoms with van der Waals surface area (Å²) in [5.74, 6) is -0.0546. The molecular formula is C18H19F3N2O2. The molecule has 2 aromatic carbocycles. The van der Waals surface area contributed by atoms with Crippen molar-refractivity contribution in [2.45, 2.75) is 26.1 Å². The molecule has 1 atom stereocenters. The largest absolute Gasteiger partial charge is 0.496 e. The first kappa shape index (κ1) is 17.5. The van der Waals surface area contributed by atoms with Crippen molar-refractivity contribution in [2.75, 3.05) is 13.7 Å². The molecule has 0 radical (unpaired) electrons. The number of methoxy groups -OCH3 is 1. The zero-order valence-corrected chi connectivity index (χ0v) is 14.1. The maximum Gasteiger partial charge on any atom is 0.409 e. The lowest BCUT2D eigenvalue weighted by molar-refractivity contribution is -0.191. The molecular weight excluding hydrogens is 333 g/mol. The third-order valence-electron chi connectivity index (χ3n) is 4.46. The molecule has 1 aliphatic heterocycles. The fraction of sp³-hybridized carbons (Fsp3) is 0.389. The number of nitrogens with zero attached hydrogens (tertiary/aromatic N) is 1. The summed E-state index contributed by atoms with van der Waals surface area (Å²) < 4.78 is 47.2. The summed E-state index contributed by atoms with van der Waals surface area (Å²) in [5, 5.41) is 2.02. The predicted octanol–water partition coefficient (Wildman–Crippen LogP) is 3.82. The first-order valence-corrected chi connectivity index (χ1v) is 7.85. The van der Waals surface area contributed by atoms with Gasteiger partial charge in [0.25, 0.3) is 0 Å². The third-order valence-corrected chi connectivity index (χ3v) is 4.46. The van der Waals surface area contributed by atoms with E-state index in [1.54, 1.807) is 44.2 Å². The molecule has 134 valence electrons. The lowest BCUT2D eigenvalue weighted by Gasteiger charge is -2.31. The smallest absolute Gasteiger partial charge is 0.409 e. The Labute approximate surface area is 143 Å². The minimum Gasteiger partial charge on any atom is -0.496 e. The number of hydrazine groups is 1. The average Bonchev–Trinajstić information content (AvgIpc) is 2.78. The molecule has 1 unspecified atom stereocenters. The number of carbonyl (C=O) groups is 1. The quantitative estimate of drug-likeness (QED) is 0.913. The minimum absolute atomic E-state index is 0.0401. The maximum atomic E-state index is 14.0. The Balaban J connectivity index is 2.19. The number of carbonyl (C=O) groups excluding carboxylic acids is 1. The third kappa shape index (κ3) is 3.04. The van der Waals surface area contributed by atoms with Gasteiger partial charge in [0.2, 0.25) is 5.91 Å². The van der Waals surface area contributed by atoms with Crippen molar-refractivity contribution in [3.63, 3.8) is 0 Å². The number of benzene rings is 2. The number of alkyl halides is 3. The van der Waals surface area contributed by atoms with E-state index in [0.717, 1.165) is 5.01 Å². The summed E-state index contributed by atoms with van der Waals surface area (Å²) in [4.78, 5) is 12.0. The monoisotopic (exact) mass is 352 g/mol. The van der Waals surface area contributed by atoms with Gasteiger partial charge in [0, 0.05) is 11.9 Å². The van der Waals surface area contributed by atoms with Gasteiger partial charge in [0.15, 0.2) is 6.04 Å². The average molecular weight is 352 g/mol. The molecule has 3 rings (SSSR count). The van der Waals surface area contributed by atoms with Gasteiger partial charge in [-0.3, -0.25) is 10.2 Å². The summed E-state index contributed by atoms with van der Waals surface area (Å²) in [7, 11) is 1.43. The summed E-state index contributed by atoms with van der Waals surface area (Å²) >= 11 is 0. The maximum absolute atomic E-state index is 14.0. The standard InChI is InChI=1S/C18H19F3N2O2/c1-17(2)10-23(22-16(17)24)15(18(19,20)21)12-8-4-6-11-7-5-9-13(25-3)14(11)12/h4-9,15H,10H2,1-3H3,(H,22,24). The topological polar surface area (TPSA) is 41.6 Å². The number of amides is 1. The van der Waals surface area contributed by atoms with E-state index in [0.29, 0.717) is 16.5 Å². The van der Waals surface area contributed by atoms with Gasteiger partial charge in [-0.05, 0) is 30.9 Å². The van der Waals surface area contributed by atoms with E-state index in [4.69, 9.17) is 4.74 Å². The highest BCUT2D eigenvalue weighted by atomic mass is 19.4. The molecule has 0 spiro atoms. The van der Waals surface area contributed by atoms with Gasteiger partial charge in [-0.1, -0.05) is 30.3 Å². The minimum atomic E-state index is -4.57. The Morgan fingerprint density at radius 2 is 1.84 bits per heavy atom. The van der Waals surface area contributed by atoms with Crippen molar-refractivity contribution in [1.29, 1.82) is 0 Å². The van der Waals surface area contributed by atoms with Gasteiger partial charge >= 0.3 is 6.18 Å². The molecule has 2 aromatic rings. The molecule has 1 N–H and O–H groups in total. The van der Waals surface area contributed by atoms with Crippen LogP contribution in [-0.4, -0.2) is 30.7 Å². The molecule has 0 aliphatic carbocycles. The van der Waals surface area contributed by atoms with Gasteiger partial charge in [0.1, 0.15) is 5.75 Å². The Hall–Kier alpha value is -2.28. The summed E-state index contributed by atoms with van der Waals surface area (Å²) in [6.07, 6.45) is -4.57. The van der Waals surface area contributed by atoms with Crippen LogP contribution in [-0.2, 0) is 4.79 Å². The van der Waals surface area contributed by atoms with E-state index in [1.807, 2.05) is 0 Å². The highest BCUT2D eigenvalue weighted by molar-refractivity contribution is 5.92. The van der Waals surface area contributed by atoms with Crippen LogP contribution in [0.15, 0.2) is 36.4 Å².